The molecule has 0 aliphatic heterocycles. The van der Waals surface area contributed by atoms with Crippen molar-refractivity contribution in [2.24, 2.45) is 0 Å². The molecule has 9 rings (SSSR count). The average Bonchev–Trinajstić information content (AvgIpc) is 3.55. The van der Waals surface area contributed by atoms with E-state index in [1.807, 2.05) is 72.0 Å². The van der Waals surface area contributed by atoms with E-state index in [2.05, 4.69) is 103 Å². The van der Waals surface area contributed by atoms with E-state index in [4.69, 9.17) is 15.0 Å². The van der Waals surface area contributed by atoms with Gasteiger partial charge in [-0.3, -0.25) is 0 Å². The van der Waals surface area contributed by atoms with Gasteiger partial charge in [-0.1, -0.05) is 152 Å². The standard InChI is InChI=1S/C43H27N3S/c1-3-14-29(15-4-1)41-44-42(30-16-5-2-6-17-30)46-43(45-41)36-22-10-9-20-33(36)31-18-11-19-32(27-31)35-23-12-24-37-39-34-21-8-7-13-28(34)25-26-38(39)47-40(35)37/h1-27H. The van der Waals surface area contributed by atoms with Gasteiger partial charge in [-0.2, -0.15) is 0 Å². The Morgan fingerprint density at radius 2 is 0.894 bits per heavy atom. The van der Waals surface area contributed by atoms with Crippen molar-refractivity contribution in [3.8, 4) is 56.4 Å². The Hall–Kier alpha value is -5.97. The van der Waals surface area contributed by atoms with Crippen LogP contribution in [0.25, 0.3) is 87.4 Å². The fourth-order valence-corrected chi connectivity index (χ4v) is 7.76. The van der Waals surface area contributed by atoms with Gasteiger partial charge in [0.05, 0.1) is 0 Å². The van der Waals surface area contributed by atoms with Crippen molar-refractivity contribution in [2.75, 3.05) is 0 Å². The first-order chi connectivity index (χ1) is 23.3. The summed E-state index contributed by atoms with van der Waals surface area (Å²) in [5.74, 6) is 1.96. The summed E-state index contributed by atoms with van der Waals surface area (Å²) in [6, 6.07) is 57.4. The van der Waals surface area contributed by atoms with Crippen LogP contribution < -0.4 is 0 Å². The van der Waals surface area contributed by atoms with E-state index >= 15 is 0 Å². The van der Waals surface area contributed by atoms with Crippen LogP contribution >= 0.6 is 11.3 Å². The summed E-state index contributed by atoms with van der Waals surface area (Å²) in [6.45, 7) is 0. The van der Waals surface area contributed by atoms with Gasteiger partial charge >= 0.3 is 0 Å². The molecule has 0 aliphatic rings. The molecule has 0 N–H and O–H groups in total. The summed E-state index contributed by atoms with van der Waals surface area (Å²) in [6.07, 6.45) is 0. The molecule has 3 nitrogen and oxygen atoms in total. The highest BCUT2D eigenvalue weighted by molar-refractivity contribution is 7.26. The normalized spacial score (nSPS) is 11.4. The number of rotatable bonds is 5. The van der Waals surface area contributed by atoms with Crippen molar-refractivity contribution in [3.05, 3.63) is 164 Å². The first kappa shape index (κ1) is 27.3. The predicted octanol–water partition coefficient (Wildman–Crippen LogP) is 11.7. The lowest BCUT2D eigenvalue weighted by atomic mass is 9.94. The smallest absolute Gasteiger partial charge is 0.164 e. The van der Waals surface area contributed by atoms with E-state index in [9.17, 15) is 0 Å². The zero-order valence-electron chi connectivity index (χ0n) is 25.3. The number of hydrogen-bond acceptors (Lipinski definition) is 4. The van der Waals surface area contributed by atoms with Crippen LogP contribution in [0.5, 0.6) is 0 Å². The van der Waals surface area contributed by atoms with Gasteiger partial charge in [0.15, 0.2) is 17.5 Å². The molecule has 0 saturated heterocycles. The SMILES string of the molecule is c1ccc(-c2nc(-c3ccccc3)nc(-c3ccccc3-c3cccc(-c4cccc5c4sc4ccc6ccccc6c45)c3)n2)cc1. The first-order valence-electron chi connectivity index (χ1n) is 15.7. The number of fused-ring (bicyclic) bond motifs is 5. The molecule has 47 heavy (non-hydrogen) atoms. The molecule has 2 heterocycles. The number of aromatic nitrogens is 3. The van der Waals surface area contributed by atoms with Gasteiger partial charge in [-0.05, 0) is 45.2 Å². The second-order valence-corrected chi connectivity index (χ2v) is 12.7. The quantitative estimate of drug-likeness (QED) is 0.193. The van der Waals surface area contributed by atoms with E-state index < -0.39 is 0 Å². The van der Waals surface area contributed by atoms with Crippen LogP contribution in [-0.4, -0.2) is 15.0 Å². The van der Waals surface area contributed by atoms with E-state index in [1.54, 1.807) is 0 Å². The molecule has 0 atom stereocenters. The van der Waals surface area contributed by atoms with Gasteiger partial charge in [-0.15, -0.1) is 11.3 Å². The minimum absolute atomic E-state index is 0.650. The molecular weight excluding hydrogens is 591 g/mol. The fourth-order valence-electron chi connectivity index (χ4n) is 6.51. The van der Waals surface area contributed by atoms with Crippen molar-refractivity contribution < 1.29 is 0 Å². The van der Waals surface area contributed by atoms with Gasteiger partial charge in [0.1, 0.15) is 0 Å². The second kappa shape index (κ2) is 11.4. The third-order valence-electron chi connectivity index (χ3n) is 8.74. The van der Waals surface area contributed by atoms with Crippen molar-refractivity contribution in [3.63, 3.8) is 0 Å². The molecule has 0 saturated carbocycles. The van der Waals surface area contributed by atoms with Crippen molar-refractivity contribution in [1.82, 2.24) is 15.0 Å². The number of thiophene rings is 1. The predicted molar refractivity (Wildman–Crippen MR) is 197 cm³/mol. The minimum atomic E-state index is 0.650. The maximum atomic E-state index is 5.04. The van der Waals surface area contributed by atoms with Gasteiger partial charge in [0.2, 0.25) is 0 Å². The Labute approximate surface area is 276 Å². The Kier molecular flexibility index (Phi) is 6.65. The summed E-state index contributed by atoms with van der Waals surface area (Å²) < 4.78 is 2.62. The summed E-state index contributed by atoms with van der Waals surface area (Å²) in [4.78, 5) is 15.0. The van der Waals surface area contributed by atoms with E-state index in [1.165, 1.54) is 42.1 Å². The van der Waals surface area contributed by atoms with Crippen LogP contribution in [0.4, 0.5) is 0 Å². The molecule has 2 aromatic heterocycles. The first-order valence-corrected chi connectivity index (χ1v) is 16.5. The van der Waals surface area contributed by atoms with E-state index in [0.29, 0.717) is 17.5 Å². The summed E-state index contributed by atoms with van der Waals surface area (Å²) in [5.41, 5.74) is 7.49. The lowest BCUT2D eigenvalue weighted by Gasteiger charge is -2.13. The van der Waals surface area contributed by atoms with Gasteiger partial charge < -0.3 is 0 Å². The number of hydrogen-bond donors (Lipinski definition) is 0. The lowest BCUT2D eigenvalue weighted by molar-refractivity contribution is 1.07. The monoisotopic (exact) mass is 617 g/mol. The Balaban J connectivity index is 1.20. The Morgan fingerprint density at radius 3 is 1.64 bits per heavy atom. The molecule has 0 radical (unpaired) electrons. The molecule has 0 spiro atoms. The highest BCUT2D eigenvalue weighted by Gasteiger charge is 2.17. The van der Waals surface area contributed by atoms with E-state index in [0.717, 1.165) is 27.8 Å². The molecule has 9 aromatic rings. The van der Waals surface area contributed by atoms with Crippen LogP contribution in [0, 0.1) is 0 Å². The number of benzene rings is 7. The maximum Gasteiger partial charge on any atom is 0.164 e. The van der Waals surface area contributed by atoms with Crippen LogP contribution in [0.2, 0.25) is 0 Å². The van der Waals surface area contributed by atoms with Crippen molar-refractivity contribution >= 4 is 42.3 Å². The molecule has 7 aromatic carbocycles. The summed E-state index contributed by atoms with van der Waals surface area (Å²) >= 11 is 1.87. The summed E-state index contributed by atoms with van der Waals surface area (Å²) in [5, 5.41) is 5.22. The molecule has 0 aliphatic carbocycles. The molecule has 0 bridgehead atoms. The zero-order chi connectivity index (χ0) is 31.2. The minimum Gasteiger partial charge on any atom is -0.208 e. The van der Waals surface area contributed by atoms with Crippen molar-refractivity contribution in [2.45, 2.75) is 0 Å². The van der Waals surface area contributed by atoms with Crippen molar-refractivity contribution in [1.29, 1.82) is 0 Å². The topological polar surface area (TPSA) is 38.7 Å². The molecule has 220 valence electrons. The molecule has 0 unspecified atom stereocenters. The Bertz CT molecular complexity index is 2510. The molecule has 0 fully saturated rings. The third kappa shape index (κ3) is 4.87. The second-order valence-electron chi connectivity index (χ2n) is 11.6. The summed E-state index contributed by atoms with van der Waals surface area (Å²) in [7, 11) is 0. The van der Waals surface area contributed by atoms with Crippen LogP contribution in [-0.2, 0) is 0 Å². The van der Waals surface area contributed by atoms with Gasteiger partial charge in [0.25, 0.3) is 0 Å². The van der Waals surface area contributed by atoms with Gasteiger partial charge in [0, 0.05) is 36.9 Å². The highest BCUT2D eigenvalue weighted by Crippen LogP contribution is 2.43. The average molecular weight is 618 g/mol. The zero-order valence-corrected chi connectivity index (χ0v) is 26.2. The molecule has 0 amide bonds. The Morgan fingerprint density at radius 1 is 0.362 bits per heavy atom. The molecule has 4 heteroatoms. The highest BCUT2D eigenvalue weighted by atomic mass is 32.1. The van der Waals surface area contributed by atoms with Gasteiger partial charge in [-0.25, -0.2) is 15.0 Å². The lowest BCUT2D eigenvalue weighted by Crippen LogP contribution is -2.01. The van der Waals surface area contributed by atoms with Crippen LogP contribution in [0.1, 0.15) is 0 Å². The van der Waals surface area contributed by atoms with Crippen LogP contribution in [0.15, 0.2) is 164 Å². The van der Waals surface area contributed by atoms with Crippen LogP contribution in [0.3, 0.4) is 0 Å². The molecular formula is C43H27N3S. The number of nitrogens with zero attached hydrogens (tertiary/aromatic N) is 3. The fraction of sp³-hybridized carbons (Fsp3) is 0. The maximum absolute atomic E-state index is 5.04. The van der Waals surface area contributed by atoms with E-state index in [-0.39, 0.29) is 0 Å². The third-order valence-corrected chi connectivity index (χ3v) is 9.94. The largest absolute Gasteiger partial charge is 0.208 e.